The molecule has 10 heteroatoms. The Morgan fingerprint density at radius 3 is 1.26 bits per heavy atom. The molecule has 0 fully saturated rings. The Morgan fingerprint density at radius 1 is 0.783 bits per heavy atom. The van der Waals surface area contributed by atoms with Crippen molar-refractivity contribution in [2.75, 3.05) is 0 Å². The molecule has 0 aliphatic heterocycles. The summed E-state index contributed by atoms with van der Waals surface area (Å²) in [6.07, 6.45) is 0. The van der Waals surface area contributed by atoms with E-state index in [9.17, 15) is 23.4 Å². The van der Waals surface area contributed by atoms with E-state index in [0.29, 0.717) is 11.1 Å². The van der Waals surface area contributed by atoms with E-state index in [0.717, 1.165) is 0 Å². The summed E-state index contributed by atoms with van der Waals surface area (Å²) in [7, 11) is -5.84. The van der Waals surface area contributed by atoms with Crippen LogP contribution in [0.3, 0.4) is 0 Å². The summed E-state index contributed by atoms with van der Waals surface area (Å²) in [5.41, 5.74) is -4.25. The minimum atomic E-state index is -5.84. The first-order valence-corrected chi connectivity index (χ1v) is 7.08. The fraction of sp³-hybridized carbons (Fsp3) is 0.0769. The third kappa shape index (κ3) is 6.72. The van der Waals surface area contributed by atoms with Gasteiger partial charge in [0.1, 0.15) is 11.5 Å². The molecule has 0 radical (unpaired) electrons. The van der Waals surface area contributed by atoms with Gasteiger partial charge in [-0.1, -0.05) is 36.4 Å². The summed E-state index contributed by atoms with van der Waals surface area (Å²) in [6, 6.07) is 13.9. The van der Waals surface area contributed by atoms with Crippen LogP contribution in [0.25, 0.3) is 11.1 Å². The molecule has 3 N–H and O–H groups in total. The van der Waals surface area contributed by atoms with Gasteiger partial charge in [-0.15, -0.1) is 0 Å². The molecule has 0 aromatic heterocycles. The Balaban J connectivity index is 0.000000469. The molecule has 0 unspecified atom stereocenters. The fourth-order valence-electron chi connectivity index (χ4n) is 1.40. The van der Waals surface area contributed by atoms with Crippen LogP contribution in [0.2, 0.25) is 0 Å². The number of phenols is 2. The minimum absolute atomic E-state index is 0. The number of benzene rings is 2. The van der Waals surface area contributed by atoms with E-state index in [1.807, 2.05) is 12.1 Å². The maximum absolute atomic E-state index is 10.7. The molecule has 23 heavy (non-hydrogen) atoms. The number of halogens is 3. The Labute approximate surface area is 168 Å². The third-order valence-electron chi connectivity index (χ3n) is 2.39. The molecular weight excluding hydrogens is 498 g/mol. The van der Waals surface area contributed by atoms with Gasteiger partial charge < -0.3 is 10.2 Å². The van der Waals surface area contributed by atoms with E-state index in [4.69, 9.17) is 13.0 Å². The van der Waals surface area contributed by atoms with Gasteiger partial charge in [0.15, 0.2) is 0 Å². The first-order chi connectivity index (χ1) is 10.0. The largest absolute Gasteiger partial charge is 0.522 e. The van der Waals surface area contributed by atoms with Crippen LogP contribution in [0.5, 0.6) is 11.5 Å². The molecule has 0 aliphatic carbocycles. The van der Waals surface area contributed by atoms with E-state index in [-0.39, 0.29) is 58.4 Å². The zero-order chi connectivity index (χ0) is 17.0. The molecule has 2 aromatic carbocycles. The average Bonchev–Trinajstić information content (AvgIpc) is 2.39. The number of aromatic hydroxyl groups is 2. The maximum Gasteiger partial charge on any atom is 0.522 e. The Hall–Kier alpha value is -0.741. The molecular formula is C13H11F3O5SYb. The summed E-state index contributed by atoms with van der Waals surface area (Å²) in [5, 5.41) is 19.2. The molecule has 5 nitrogen and oxygen atoms in total. The number of phenolic OH excluding ortho intramolecular Hbond substituents is 2. The predicted octanol–water partition coefficient (Wildman–Crippen LogP) is 3.16. The molecule has 0 atom stereocenters. The van der Waals surface area contributed by atoms with E-state index >= 15 is 0 Å². The van der Waals surface area contributed by atoms with Crippen LogP contribution >= 0.6 is 0 Å². The molecule has 0 saturated carbocycles. The van der Waals surface area contributed by atoms with Crippen LogP contribution in [-0.2, 0) is 10.1 Å². The first kappa shape index (κ1) is 22.3. The second-order valence-electron chi connectivity index (χ2n) is 3.96. The molecule has 0 heterocycles. The van der Waals surface area contributed by atoms with E-state index in [1.54, 1.807) is 36.4 Å². The monoisotopic (exact) mass is 510 g/mol. The average molecular weight is 509 g/mol. The van der Waals surface area contributed by atoms with Crippen molar-refractivity contribution in [2.24, 2.45) is 0 Å². The van der Waals surface area contributed by atoms with Crippen molar-refractivity contribution in [2.45, 2.75) is 5.51 Å². The van der Waals surface area contributed by atoms with Crippen molar-refractivity contribution < 1.29 is 83.3 Å². The summed E-state index contributed by atoms with van der Waals surface area (Å²) >= 11 is 0. The molecule has 0 aliphatic rings. The smallest absolute Gasteiger partial charge is 0.507 e. The van der Waals surface area contributed by atoms with Crippen molar-refractivity contribution >= 4 is 10.1 Å². The number of hydrogen-bond donors (Lipinski definition) is 3. The predicted molar refractivity (Wildman–Crippen MR) is 72.8 cm³/mol. The van der Waals surface area contributed by atoms with Gasteiger partial charge in [0.25, 0.3) is 0 Å². The third-order valence-corrected chi connectivity index (χ3v) is 2.98. The van der Waals surface area contributed by atoms with Crippen LogP contribution < -0.4 is 0 Å². The molecule has 134 valence electrons. The molecule has 0 bridgehead atoms. The molecule has 2 aromatic rings. The van der Waals surface area contributed by atoms with Crippen LogP contribution in [-0.4, -0.2) is 28.7 Å². The van der Waals surface area contributed by atoms with Crippen molar-refractivity contribution in [1.29, 1.82) is 0 Å². The fourth-order valence-corrected chi connectivity index (χ4v) is 1.40. The Kier molecular flexibility index (Phi) is 8.64. The topological polar surface area (TPSA) is 94.8 Å². The van der Waals surface area contributed by atoms with Gasteiger partial charge in [0.05, 0.1) is 0 Å². The number of alkyl halides is 3. The molecule has 0 spiro atoms. The maximum atomic E-state index is 10.7. The van der Waals surface area contributed by atoms with Gasteiger partial charge in [-0.25, -0.2) is 0 Å². The van der Waals surface area contributed by atoms with Crippen LogP contribution in [0.15, 0.2) is 48.5 Å². The zero-order valence-corrected chi connectivity index (χ0v) is 13.6. The Morgan fingerprint density at radius 2 is 1.04 bits per heavy atom. The van der Waals surface area contributed by atoms with Crippen molar-refractivity contribution in [3.05, 3.63) is 48.5 Å². The summed E-state index contributed by atoms with van der Waals surface area (Å²) in [6.45, 7) is 0. The van der Waals surface area contributed by atoms with Crippen molar-refractivity contribution in [1.82, 2.24) is 0 Å². The normalized spacial score (nSPS) is 11.0. The van der Waals surface area contributed by atoms with E-state index in [2.05, 4.69) is 0 Å². The standard InChI is InChI=1S/C12H10O2.CHF3O3S.Yb/c13-11-7-3-1-5-9(11)10-6-2-4-8-12(10)14;2-1(3,4)8(5,6)7;/h1-8,13-14H;(H,5,6,7);. The van der Waals surface area contributed by atoms with Gasteiger partial charge in [0.2, 0.25) is 0 Å². The van der Waals surface area contributed by atoms with Crippen molar-refractivity contribution in [3.8, 4) is 22.6 Å². The van der Waals surface area contributed by atoms with Gasteiger partial charge in [0, 0.05) is 58.1 Å². The van der Waals surface area contributed by atoms with E-state index in [1.165, 1.54) is 0 Å². The number of para-hydroxylation sites is 2. The Bertz CT molecular complexity index is 704. The zero-order valence-electron chi connectivity index (χ0n) is 11.1. The van der Waals surface area contributed by atoms with Crippen LogP contribution in [0.4, 0.5) is 13.2 Å². The summed E-state index contributed by atoms with van der Waals surface area (Å²) < 4.78 is 57.5. The second kappa shape index (κ2) is 8.93. The molecule has 0 amide bonds. The van der Waals surface area contributed by atoms with Gasteiger partial charge in [-0.3, -0.25) is 4.55 Å². The van der Waals surface area contributed by atoms with Crippen molar-refractivity contribution in [3.63, 3.8) is 0 Å². The molecule has 2 rings (SSSR count). The second-order valence-corrected chi connectivity index (χ2v) is 5.37. The quantitative estimate of drug-likeness (QED) is 0.406. The number of rotatable bonds is 1. The van der Waals surface area contributed by atoms with Gasteiger partial charge >= 0.3 is 15.6 Å². The van der Waals surface area contributed by atoms with Gasteiger partial charge in [-0.2, -0.15) is 21.6 Å². The van der Waals surface area contributed by atoms with E-state index < -0.39 is 15.6 Å². The van der Waals surface area contributed by atoms with Crippen LogP contribution in [0, 0.1) is 46.9 Å². The SMILES string of the molecule is O=S(=O)(O)C(F)(F)F.Oc1ccccc1-c1ccccc1O.[Yb]. The minimum Gasteiger partial charge on any atom is -0.507 e. The summed E-state index contributed by atoms with van der Waals surface area (Å²) in [5.74, 6) is 0.350. The van der Waals surface area contributed by atoms with Gasteiger partial charge in [-0.05, 0) is 12.1 Å². The molecule has 0 saturated heterocycles. The van der Waals surface area contributed by atoms with Crippen LogP contribution in [0.1, 0.15) is 0 Å². The number of hydrogen-bond acceptors (Lipinski definition) is 4. The first-order valence-electron chi connectivity index (χ1n) is 5.64. The summed E-state index contributed by atoms with van der Waals surface area (Å²) in [4.78, 5) is 0.